The van der Waals surface area contributed by atoms with Gasteiger partial charge in [0.1, 0.15) is 13.2 Å². The van der Waals surface area contributed by atoms with Crippen LogP contribution in [0.2, 0.25) is 5.02 Å². The fraction of sp³-hybridized carbons (Fsp3) is 0.385. The molecule has 0 aliphatic carbocycles. The normalized spacial score (nSPS) is 10.7. The Bertz CT molecular complexity index is 482. The van der Waals surface area contributed by atoms with Crippen LogP contribution < -0.4 is 4.90 Å². The molecule has 0 unspecified atom stereocenters. The molecule has 0 bridgehead atoms. The van der Waals surface area contributed by atoms with Crippen molar-refractivity contribution in [3.8, 4) is 0 Å². The molecule has 1 amide bonds. The van der Waals surface area contributed by atoms with Gasteiger partial charge in [-0.05, 0) is 24.3 Å². The number of hydrogen-bond acceptors (Lipinski definition) is 3. The van der Waals surface area contributed by atoms with Gasteiger partial charge in [0.05, 0.1) is 13.0 Å². The van der Waals surface area contributed by atoms with Crippen LogP contribution >= 0.6 is 11.6 Å². The molecule has 0 saturated heterocycles. The number of carboxylic acid groups (broad SMARTS) is 1. The molecule has 8 heteroatoms. The number of nitrogens with zero attached hydrogens (tertiary/aromatic N) is 1. The number of rotatable bonds is 8. The summed E-state index contributed by atoms with van der Waals surface area (Å²) < 4.78 is 28.4. The number of hydrogen-bond donors (Lipinski definition) is 1. The zero-order valence-electron chi connectivity index (χ0n) is 11.0. The van der Waals surface area contributed by atoms with Crippen molar-refractivity contribution in [2.24, 2.45) is 0 Å². The number of carbonyl (C=O) groups is 2. The first-order chi connectivity index (χ1) is 9.90. The molecule has 0 spiro atoms. The second-order valence-corrected chi connectivity index (χ2v) is 4.50. The topological polar surface area (TPSA) is 66.8 Å². The van der Waals surface area contributed by atoms with Crippen LogP contribution in [-0.4, -0.2) is 43.2 Å². The fourth-order valence-corrected chi connectivity index (χ4v) is 1.67. The maximum Gasteiger partial charge on any atom is 0.323 e. The minimum absolute atomic E-state index is 0.192. The highest BCUT2D eigenvalue weighted by atomic mass is 35.5. The molecule has 21 heavy (non-hydrogen) atoms. The molecule has 0 atom stereocenters. The Morgan fingerprint density at radius 1 is 1.29 bits per heavy atom. The lowest BCUT2D eigenvalue weighted by Gasteiger charge is -2.21. The van der Waals surface area contributed by atoms with E-state index in [0.717, 1.165) is 4.90 Å². The van der Waals surface area contributed by atoms with E-state index in [1.807, 2.05) is 0 Å². The highest BCUT2D eigenvalue weighted by Crippen LogP contribution is 2.18. The van der Waals surface area contributed by atoms with Crippen LogP contribution in [0.1, 0.15) is 6.42 Å². The van der Waals surface area contributed by atoms with Gasteiger partial charge in [-0.3, -0.25) is 9.59 Å². The van der Waals surface area contributed by atoms with Crippen molar-refractivity contribution in [1.82, 2.24) is 0 Å². The average Bonchev–Trinajstić information content (AvgIpc) is 2.41. The van der Waals surface area contributed by atoms with Crippen LogP contribution in [0.5, 0.6) is 0 Å². The van der Waals surface area contributed by atoms with Crippen LogP contribution in [0.4, 0.5) is 14.5 Å². The Morgan fingerprint density at radius 3 is 2.43 bits per heavy atom. The Labute approximate surface area is 125 Å². The van der Waals surface area contributed by atoms with Crippen molar-refractivity contribution in [2.45, 2.75) is 12.8 Å². The van der Waals surface area contributed by atoms with Crippen LogP contribution in [-0.2, 0) is 14.3 Å². The molecule has 0 fully saturated rings. The molecule has 0 saturated carbocycles. The number of aliphatic carboxylic acids is 1. The summed E-state index contributed by atoms with van der Waals surface area (Å²) in [5.41, 5.74) is 0.362. The summed E-state index contributed by atoms with van der Waals surface area (Å²) in [4.78, 5) is 23.8. The summed E-state index contributed by atoms with van der Waals surface area (Å²) in [7, 11) is 0. The maximum absolute atomic E-state index is 12.0. The third kappa shape index (κ3) is 6.50. The molecular weight excluding hydrogens is 308 g/mol. The van der Waals surface area contributed by atoms with Gasteiger partial charge in [0, 0.05) is 10.7 Å². The number of ether oxygens (including phenoxy) is 1. The highest BCUT2D eigenvalue weighted by Gasteiger charge is 2.18. The largest absolute Gasteiger partial charge is 0.480 e. The predicted molar refractivity (Wildman–Crippen MR) is 72.9 cm³/mol. The molecule has 116 valence electrons. The molecule has 1 aromatic rings. The SMILES string of the molecule is O=C(O)CN(C(=O)CCOCC(F)F)c1ccc(Cl)cc1. The van der Waals surface area contributed by atoms with Crippen LogP contribution in [0, 0.1) is 0 Å². The van der Waals surface area contributed by atoms with Crippen LogP contribution in [0.15, 0.2) is 24.3 Å². The summed E-state index contributed by atoms with van der Waals surface area (Å²) >= 11 is 5.72. The predicted octanol–water partition coefficient (Wildman–Crippen LogP) is 2.43. The van der Waals surface area contributed by atoms with Gasteiger partial charge in [-0.15, -0.1) is 0 Å². The number of anilines is 1. The summed E-state index contributed by atoms with van der Waals surface area (Å²) in [5, 5.41) is 9.29. The molecular formula is C13H14ClF2NO4. The van der Waals surface area contributed by atoms with E-state index in [2.05, 4.69) is 4.74 Å². The number of amides is 1. The van der Waals surface area contributed by atoms with Gasteiger partial charge >= 0.3 is 5.97 Å². The molecule has 5 nitrogen and oxygen atoms in total. The third-order valence-electron chi connectivity index (χ3n) is 2.44. The van der Waals surface area contributed by atoms with Gasteiger partial charge in [-0.25, -0.2) is 8.78 Å². The first-order valence-electron chi connectivity index (χ1n) is 6.03. The third-order valence-corrected chi connectivity index (χ3v) is 2.69. The number of benzene rings is 1. The van der Waals surface area contributed by atoms with E-state index >= 15 is 0 Å². The Kier molecular flexibility index (Phi) is 7.04. The van der Waals surface area contributed by atoms with E-state index in [9.17, 15) is 18.4 Å². The fourth-order valence-electron chi connectivity index (χ4n) is 1.55. The second kappa shape index (κ2) is 8.53. The van der Waals surface area contributed by atoms with Crippen molar-refractivity contribution in [3.05, 3.63) is 29.3 Å². The number of carboxylic acids is 1. The standard InChI is InChI=1S/C13H14ClF2NO4/c14-9-1-3-10(4-2-9)17(7-13(19)20)12(18)5-6-21-8-11(15)16/h1-4,11H,5-8H2,(H,19,20). The lowest BCUT2D eigenvalue weighted by molar-refractivity contribution is -0.136. The summed E-state index contributed by atoms with van der Waals surface area (Å²) in [6.45, 7) is -1.49. The smallest absolute Gasteiger partial charge is 0.323 e. The first-order valence-corrected chi connectivity index (χ1v) is 6.41. The van der Waals surface area contributed by atoms with E-state index in [-0.39, 0.29) is 13.0 Å². The molecule has 0 aromatic heterocycles. The minimum Gasteiger partial charge on any atom is -0.480 e. The second-order valence-electron chi connectivity index (χ2n) is 4.07. The zero-order valence-corrected chi connectivity index (χ0v) is 11.7. The van der Waals surface area contributed by atoms with E-state index in [4.69, 9.17) is 16.7 Å². The van der Waals surface area contributed by atoms with Crippen molar-refractivity contribution in [1.29, 1.82) is 0 Å². The summed E-state index contributed by atoms with van der Waals surface area (Å²) in [6.07, 6.45) is -2.80. The van der Waals surface area contributed by atoms with Crippen molar-refractivity contribution in [2.75, 3.05) is 24.7 Å². The summed E-state index contributed by atoms with van der Waals surface area (Å²) in [5.74, 6) is -1.72. The molecule has 0 heterocycles. The first kappa shape index (κ1) is 17.3. The van der Waals surface area contributed by atoms with Crippen LogP contribution in [0.3, 0.4) is 0 Å². The van der Waals surface area contributed by atoms with E-state index in [0.29, 0.717) is 10.7 Å². The van der Waals surface area contributed by atoms with E-state index < -0.39 is 31.5 Å². The van der Waals surface area contributed by atoms with Crippen LogP contribution in [0.25, 0.3) is 0 Å². The lowest BCUT2D eigenvalue weighted by atomic mass is 10.2. The molecule has 0 radical (unpaired) electrons. The molecule has 0 aliphatic heterocycles. The molecule has 0 aliphatic rings. The highest BCUT2D eigenvalue weighted by molar-refractivity contribution is 6.30. The van der Waals surface area contributed by atoms with Crippen molar-refractivity contribution < 1.29 is 28.2 Å². The van der Waals surface area contributed by atoms with E-state index in [1.165, 1.54) is 24.3 Å². The van der Waals surface area contributed by atoms with Gasteiger partial charge in [-0.1, -0.05) is 11.6 Å². The quantitative estimate of drug-likeness (QED) is 0.747. The number of halogens is 3. The van der Waals surface area contributed by atoms with Gasteiger partial charge in [0.15, 0.2) is 0 Å². The minimum atomic E-state index is -2.61. The molecule has 1 N–H and O–H groups in total. The molecule has 1 rings (SSSR count). The van der Waals surface area contributed by atoms with Gasteiger partial charge < -0.3 is 14.7 Å². The number of carbonyl (C=O) groups excluding carboxylic acids is 1. The summed E-state index contributed by atoms with van der Waals surface area (Å²) in [6, 6.07) is 6.05. The van der Waals surface area contributed by atoms with Gasteiger partial charge in [0.25, 0.3) is 6.43 Å². The van der Waals surface area contributed by atoms with Crippen molar-refractivity contribution >= 4 is 29.2 Å². The van der Waals surface area contributed by atoms with Gasteiger partial charge in [0.2, 0.25) is 5.91 Å². The lowest BCUT2D eigenvalue weighted by Crippen LogP contribution is -2.36. The van der Waals surface area contributed by atoms with Crippen molar-refractivity contribution in [3.63, 3.8) is 0 Å². The number of alkyl halides is 2. The molecule has 1 aromatic carbocycles. The van der Waals surface area contributed by atoms with Gasteiger partial charge in [-0.2, -0.15) is 0 Å². The zero-order chi connectivity index (χ0) is 15.8. The maximum atomic E-state index is 12.0. The average molecular weight is 322 g/mol. The monoisotopic (exact) mass is 321 g/mol. The Morgan fingerprint density at radius 2 is 1.90 bits per heavy atom. The Balaban J connectivity index is 2.66. The Hall–Kier alpha value is -1.73. The van der Waals surface area contributed by atoms with E-state index in [1.54, 1.807) is 0 Å².